The molecular formula is C15H13NO2S2. The monoisotopic (exact) mass is 303 g/mol. The number of nitrogens with zero attached hydrogens (tertiary/aromatic N) is 1. The molecule has 0 bridgehead atoms. The van der Waals surface area contributed by atoms with E-state index in [2.05, 4.69) is 6.07 Å². The molecule has 0 spiro atoms. The van der Waals surface area contributed by atoms with E-state index in [-0.39, 0.29) is 0 Å². The van der Waals surface area contributed by atoms with E-state index in [1.165, 1.54) is 6.26 Å². The fraction of sp³-hybridized carbons (Fsp3) is 0.133. The lowest BCUT2D eigenvalue weighted by molar-refractivity contribution is 0.602. The highest BCUT2D eigenvalue weighted by molar-refractivity contribution is 7.98. The van der Waals surface area contributed by atoms with E-state index in [0.29, 0.717) is 10.5 Å². The molecule has 102 valence electrons. The fourth-order valence-corrected chi connectivity index (χ4v) is 3.11. The Morgan fingerprint density at radius 1 is 1.05 bits per heavy atom. The van der Waals surface area contributed by atoms with Gasteiger partial charge < -0.3 is 0 Å². The topological polar surface area (TPSA) is 57.9 Å². The zero-order chi connectivity index (χ0) is 14.6. The first kappa shape index (κ1) is 14.6. The maximum absolute atomic E-state index is 11.4. The molecule has 2 aromatic carbocycles. The summed E-state index contributed by atoms with van der Waals surface area (Å²) in [5.41, 5.74) is 1.78. The summed E-state index contributed by atoms with van der Waals surface area (Å²) in [7, 11) is -3.13. The molecule has 0 aliphatic carbocycles. The van der Waals surface area contributed by atoms with Crippen molar-refractivity contribution in [3.8, 4) is 6.07 Å². The minimum Gasteiger partial charge on any atom is -0.224 e. The number of hydrogen-bond donors (Lipinski definition) is 0. The minimum absolute atomic E-state index is 0.334. The summed E-state index contributed by atoms with van der Waals surface area (Å²) in [6.45, 7) is 0. The van der Waals surface area contributed by atoms with E-state index in [1.807, 2.05) is 24.3 Å². The Balaban J connectivity index is 2.02. The number of sulfone groups is 1. The molecule has 2 rings (SSSR count). The Morgan fingerprint density at radius 3 is 2.15 bits per heavy atom. The average molecular weight is 303 g/mol. The maximum Gasteiger partial charge on any atom is 0.175 e. The molecule has 2 aromatic rings. The van der Waals surface area contributed by atoms with Crippen molar-refractivity contribution in [1.82, 2.24) is 0 Å². The van der Waals surface area contributed by atoms with Gasteiger partial charge in [0.25, 0.3) is 0 Å². The standard InChI is InChI=1S/C15H13NO2S2/c1-20(17,18)15-8-6-14(7-9-15)19-11-13-4-2-12(10-16)3-5-13/h2-9H,11H2,1H3. The van der Waals surface area contributed by atoms with Gasteiger partial charge in [0.05, 0.1) is 16.5 Å². The van der Waals surface area contributed by atoms with Crippen LogP contribution in [0.3, 0.4) is 0 Å². The molecule has 0 fully saturated rings. The van der Waals surface area contributed by atoms with Crippen molar-refractivity contribution in [3.63, 3.8) is 0 Å². The Bertz CT molecular complexity index is 727. The van der Waals surface area contributed by atoms with Gasteiger partial charge in [0.2, 0.25) is 0 Å². The molecule has 0 saturated heterocycles. The van der Waals surface area contributed by atoms with E-state index in [4.69, 9.17) is 5.26 Å². The van der Waals surface area contributed by atoms with E-state index >= 15 is 0 Å². The highest BCUT2D eigenvalue weighted by Crippen LogP contribution is 2.24. The lowest BCUT2D eigenvalue weighted by Crippen LogP contribution is -1.95. The maximum atomic E-state index is 11.4. The SMILES string of the molecule is CS(=O)(=O)c1ccc(SCc2ccc(C#N)cc2)cc1. The summed E-state index contributed by atoms with van der Waals surface area (Å²) >= 11 is 1.63. The van der Waals surface area contributed by atoms with E-state index in [1.54, 1.807) is 36.0 Å². The van der Waals surface area contributed by atoms with Gasteiger partial charge in [0, 0.05) is 16.9 Å². The fourth-order valence-electron chi connectivity index (χ4n) is 1.63. The molecule has 0 amide bonds. The number of benzene rings is 2. The van der Waals surface area contributed by atoms with Gasteiger partial charge in [0.1, 0.15) is 0 Å². The number of rotatable bonds is 4. The van der Waals surface area contributed by atoms with Crippen molar-refractivity contribution in [2.45, 2.75) is 15.5 Å². The van der Waals surface area contributed by atoms with Crippen molar-refractivity contribution in [1.29, 1.82) is 5.26 Å². The van der Waals surface area contributed by atoms with Crippen molar-refractivity contribution < 1.29 is 8.42 Å². The number of hydrogen-bond acceptors (Lipinski definition) is 4. The Labute approximate surface area is 123 Å². The molecule has 0 aliphatic rings. The third-order valence-corrected chi connectivity index (χ3v) is 4.95. The molecule has 0 radical (unpaired) electrons. The zero-order valence-corrected chi connectivity index (χ0v) is 12.5. The van der Waals surface area contributed by atoms with Crippen LogP contribution in [-0.4, -0.2) is 14.7 Å². The molecule has 0 atom stereocenters. The first-order valence-corrected chi connectivity index (χ1v) is 8.79. The Hall–Kier alpha value is -1.77. The van der Waals surface area contributed by atoms with Crippen molar-refractivity contribution >= 4 is 21.6 Å². The van der Waals surface area contributed by atoms with E-state index < -0.39 is 9.84 Å². The molecule has 0 aliphatic heterocycles. The van der Waals surface area contributed by atoms with Gasteiger partial charge in [0.15, 0.2) is 9.84 Å². The highest BCUT2D eigenvalue weighted by atomic mass is 32.2. The molecule has 0 aromatic heterocycles. The average Bonchev–Trinajstić information content (AvgIpc) is 2.45. The van der Waals surface area contributed by atoms with Gasteiger partial charge in [-0.2, -0.15) is 5.26 Å². The van der Waals surface area contributed by atoms with Gasteiger partial charge in [-0.3, -0.25) is 0 Å². The third-order valence-electron chi connectivity index (χ3n) is 2.74. The summed E-state index contributed by atoms with van der Waals surface area (Å²) in [5.74, 6) is 0.782. The molecular weight excluding hydrogens is 290 g/mol. The zero-order valence-electron chi connectivity index (χ0n) is 10.9. The summed E-state index contributed by atoms with van der Waals surface area (Å²) in [4.78, 5) is 1.35. The predicted molar refractivity (Wildman–Crippen MR) is 80.3 cm³/mol. The first-order valence-electron chi connectivity index (χ1n) is 5.91. The molecule has 0 saturated carbocycles. The van der Waals surface area contributed by atoms with Crippen LogP contribution in [-0.2, 0) is 15.6 Å². The third kappa shape index (κ3) is 3.86. The van der Waals surface area contributed by atoms with Crippen LogP contribution in [0.5, 0.6) is 0 Å². The van der Waals surface area contributed by atoms with E-state index in [9.17, 15) is 8.42 Å². The predicted octanol–water partition coefficient (Wildman–Crippen LogP) is 3.25. The Kier molecular flexibility index (Phi) is 4.48. The van der Waals surface area contributed by atoms with Crippen LogP contribution in [0.25, 0.3) is 0 Å². The summed E-state index contributed by atoms with van der Waals surface area (Å²) in [6.07, 6.45) is 1.20. The molecule has 0 heterocycles. The Morgan fingerprint density at radius 2 is 1.65 bits per heavy atom. The first-order chi connectivity index (χ1) is 9.49. The molecule has 5 heteroatoms. The normalized spacial score (nSPS) is 11.0. The van der Waals surface area contributed by atoms with Crippen molar-refractivity contribution in [2.75, 3.05) is 6.26 Å². The summed E-state index contributed by atoms with van der Waals surface area (Å²) in [5, 5.41) is 8.72. The van der Waals surface area contributed by atoms with Gasteiger partial charge in [-0.05, 0) is 42.0 Å². The lowest BCUT2D eigenvalue weighted by atomic mass is 10.2. The van der Waals surface area contributed by atoms with Gasteiger partial charge >= 0.3 is 0 Å². The van der Waals surface area contributed by atoms with E-state index in [0.717, 1.165) is 16.2 Å². The van der Waals surface area contributed by atoms with Gasteiger partial charge in [-0.15, -0.1) is 11.8 Å². The quantitative estimate of drug-likeness (QED) is 0.814. The van der Waals surface area contributed by atoms with Gasteiger partial charge in [-0.25, -0.2) is 8.42 Å². The van der Waals surface area contributed by atoms with Crippen LogP contribution in [0.2, 0.25) is 0 Å². The smallest absolute Gasteiger partial charge is 0.175 e. The number of thioether (sulfide) groups is 1. The second kappa shape index (κ2) is 6.12. The number of nitriles is 1. The largest absolute Gasteiger partial charge is 0.224 e. The summed E-state index contributed by atoms with van der Waals surface area (Å²) < 4.78 is 22.7. The molecule has 3 nitrogen and oxygen atoms in total. The van der Waals surface area contributed by atoms with Gasteiger partial charge in [-0.1, -0.05) is 12.1 Å². The van der Waals surface area contributed by atoms with Crippen LogP contribution in [0.4, 0.5) is 0 Å². The second-order valence-corrected chi connectivity index (χ2v) is 7.41. The van der Waals surface area contributed by atoms with Crippen molar-refractivity contribution in [3.05, 3.63) is 59.7 Å². The molecule has 20 heavy (non-hydrogen) atoms. The van der Waals surface area contributed by atoms with Crippen LogP contribution < -0.4 is 0 Å². The van der Waals surface area contributed by atoms with Crippen LogP contribution in [0, 0.1) is 11.3 Å². The molecule has 0 unspecified atom stereocenters. The van der Waals surface area contributed by atoms with Crippen LogP contribution in [0.15, 0.2) is 58.3 Å². The highest BCUT2D eigenvalue weighted by Gasteiger charge is 2.06. The van der Waals surface area contributed by atoms with Crippen LogP contribution >= 0.6 is 11.8 Å². The van der Waals surface area contributed by atoms with Crippen molar-refractivity contribution in [2.24, 2.45) is 0 Å². The summed E-state index contributed by atoms with van der Waals surface area (Å²) in [6, 6.07) is 16.4. The second-order valence-electron chi connectivity index (χ2n) is 4.34. The minimum atomic E-state index is -3.13. The molecule has 0 N–H and O–H groups in total. The lowest BCUT2D eigenvalue weighted by Gasteiger charge is -2.03. The van der Waals surface area contributed by atoms with Crippen LogP contribution in [0.1, 0.15) is 11.1 Å².